The molecule has 0 aromatic heterocycles. The van der Waals surface area contributed by atoms with E-state index in [0.717, 1.165) is 25.1 Å². The number of hydrogen-bond acceptors (Lipinski definition) is 1. The minimum atomic E-state index is 0.751. The molecule has 0 spiro atoms. The molecule has 13 heavy (non-hydrogen) atoms. The molecule has 2 aromatic carbocycles. The summed E-state index contributed by atoms with van der Waals surface area (Å²) in [6, 6.07) is 9.74. The monoisotopic (exact) mass is 303 g/mol. The lowest BCUT2D eigenvalue weighted by Gasteiger charge is -2.05. The number of fused-ring (bicyclic) bond motifs is 1. The number of rotatable bonds is 0. The molecule has 2 N–H and O–H groups in total. The van der Waals surface area contributed by atoms with Crippen LogP contribution in [0.5, 0.6) is 0 Å². The second-order valence-electron chi connectivity index (χ2n) is 2.80. The third-order valence-corrected chi connectivity index (χ3v) is 3.27. The highest BCUT2D eigenvalue weighted by molar-refractivity contribution is 14.1. The summed E-state index contributed by atoms with van der Waals surface area (Å²) in [4.78, 5) is 0. The first-order chi connectivity index (χ1) is 6.20. The molecule has 0 heterocycles. The fourth-order valence-corrected chi connectivity index (χ4v) is 2.02. The Labute approximate surface area is 95.0 Å². The molecule has 3 heteroatoms. The van der Waals surface area contributed by atoms with E-state index in [1.807, 2.05) is 30.3 Å². The van der Waals surface area contributed by atoms with Crippen molar-refractivity contribution in [2.24, 2.45) is 0 Å². The molecule has 0 bridgehead atoms. The van der Waals surface area contributed by atoms with Crippen molar-refractivity contribution in [3.8, 4) is 0 Å². The van der Waals surface area contributed by atoms with Gasteiger partial charge in [0.15, 0.2) is 0 Å². The molecule has 66 valence electrons. The molecule has 1 nitrogen and oxygen atoms in total. The molecule has 0 fully saturated rings. The predicted molar refractivity (Wildman–Crippen MR) is 66.1 cm³/mol. The third-order valence-electron chi connectivity index (χ3n) is 2.00. The van der Waals surface area contributed by atoms with Crippen LogP contribution in [0, 0.1) is 3.57 Å². The van der Waals surface area contributed by atoms with Gasteiger partial charge in [-0.2, -0.15) is 0 Å². The van der Waals surface area contributed by atoms with Crippen molar-refractivity contribution in [3.63, 3.8) is 0 Å². The first kappa shape index (κ1) is 9.09. The highest BCUT2D eigenvalue weighted by Gasteiger charge is 2.03. The summed E-state index contributed by atoms with van der Waals surface area (Å²) in [5.74, 6) is 0. The molecule has 0 atom stereocenters. The number of halogens is 2. The van der Waals surface area contributed by atoms with Crippen LogP contribution in [-0.4, -0.2) is 0 Å². The van der Waals surface area contributed by atoms with Crippen molar-refractivity contribution in [1.82, 2.24) is 0 Å². The van der Waals surface area contributed by atoms with Crippen LogP contribution in [0.3, 0.4) is 0 Å². The zero-order valence-corrected chi connectivity index (χ0v) is 9.63. The van der Waals surface area contributed by atoms with Crippen LogP contribution in [0.15, 0.2) is 30.3 Å². The molecule has 0 saturated heterocycles. The van der Waals surface area contributed by atoms with E-state index in [0.29, 0.717) is 0 Å². The van der Waals surface area contributed by atoms with Crippen LogP contribution >= 0.6 is 34.2 Å². The van der Waals surface area contributed by atoms with Gasteiger partial charge in [-0.3, -0.25) is 0 Å². The smallest absolute Gasteiger partial charge is 0.0529 e. The van der Waals surface area contributed by atoms with Gasteiger partial charge in [-0.05, 0) is 34.7 Å². The second kappa shape index (κ2) is 3.35. The van der Waals surface area contributed by atoms with Gasteiger partial charge in [-0.1, -0.05) is 29.8 Å². The lowest BCUT2D eigenvalue weighted by atomic mass is 10.1. The maximum absolute atomic E-state index is 6.02. The fourth-order valence-electron chi connectivity index (χ4n) is 1.32. The molecule has 0 aliphatic rings. The van der Waals surface area contributed by atoms with Crippen molar-refractivity contribution in [2.75, 3.05) is 5.73 Å². The van der Waals surface area contributed by atoms with E-state index < -0.39 is 0 Å². The Kier molecular flexibility index (Phi) is 2.34. The summed E-state index contributed by atoms with van der Waals surface area (Å²) in [5.41, 5.74) is 6.73. The number of nitrogen functional groups attached to an aromatic ring is 1. The first-order valence-corrected chi connectivity index (χ1v) is 5.28. The van der Waals surface area contributed by atoms with Gasteiger partial charge in [0.2, 0.25) is 0 Å². The van der Waals surface area contributed by atoms with Gasteiger partial charge in [0, 0.05) is 19.4 Å². The highest BCUT2D eigenvalue weighted by Crippen LogP contribution is 2.30. The van der Waals surface area contributed by atoms with E-state index in [-0.39, 0.29) is 0 Å². The van der Waals surface area contributed by atoms with E-state index in [1.54, 1.807) is 0 Å². The average molecular weight is 304 g/mol. The molecule has 2 rings (SSSR count). The largest absolute Gasteiger partial charge is 0.397 e. The minimum absolute atomic E-state index is 0.751. The molecular formula is C10H7ClIN. The Hall–Kier alpha value is -0.480. The van der Waals surface area contributed by atoms with Gasteiger partial charge in [-0.25, -0.2) is 0 Å². The van der Waals surface area contributed by atoms with Crippen LogP contribution in [0.25, 0.3) is 10.8 Å². The van der Waals surface area contributed by atoms with Crippen molar-refractivity contribution in [2.45, 2.75) is 0 Å². The zero-order valence-electron chi connectivity index (χ0n) is 6.72. The van der Waals surface area contributed by atoms with E-state index in [1.165, 1.54) is 0 Å². The quantitative estimate of drug-likeness (QED) is 0.583. The summed E-state index contributed by atoms with van der Waals surface area (Å²) >= 11 is 8.24. The van der Waals surface area contributed by atoms with E-state index in [2.05, 4.69) is 22.6 Å². The molecule has 2 aromatic rings. The van der Waals surface area contributed by atoms with Gasteiger partial charge < -0.3 is 5.73 Å². The number of nitrogens with two attached hydrogens (primary N) is 1. The summed E-state index contributed by atoms with van der Waals surface area (Å²) < 4.78 is 1.06. The maximum atomic E-state index is 6.02. The normalized spacial score (nSPS) is 10.6. The topological polar surface area (TPSA) is 26.0 Å². The van der Waals surface area contributed by atoms with Crippen LogP contribution < -0.4 is 5.73 Å². The fraction of sp³-hybridized carbons (Fsp3) is 0. The Bertz CT molecular complexity index is 468. The molecule has 0 saturated carbocycles. The highest BCUT2D eigenvalue weighted by atomic mass is 127. The molecule has 0 aliphatic heterocycles. The third kappa shape index (κ3) is 1.48. The van der Waals surface area contributed by atoms with Crippen molar-refractivity contribution >= 4 is 50.7 Å². The van der Waals surface area contributed by atoms with Gasteiger partial charge in [0.1, 0.15) is 0 Å². The first-order valence-electron chi connectivity index (χ1n) is 3.82. The van der Waals surface area contributed by atoms with Crippen molar-refractivity contribution in [1.29, 1.82) is 0 Å². The summed E-state index contributed by atoms with van der Waals surface area (Å²) in [6.45, 7) is 0. The standard InChI is InChI=1S/C10H7ClIN/c11-8-3-1-2-7-6(8)4-5-9(12)10(7)13/h1-5H,13H2. The van der Waals surface area contributed by atoms with Gasteiger partial charge >= 0.3 is 0 Å². The summed E-state index contributed by atoms with van der Waals surface area (Å²) in [7, 11) is 0. The molecule has 0 radical (unpaired) electrons. The van der Waals surface area contributed by atoms with Gasteiger partial charge in [-0.15, -0.1) is 0 Å². The van der Waals surface area contributed by atoms with Crippen LogP contribution in [0.1, 0.15) is 0 Å². The predicted octanol–water partition coefficient (Wildman–Crippen LogP) is 3.68. The van der Waals surface area contributed by atoms with E-state index in [9.17, 15) is 0 Å². The molecule has 0 amide bonds. The van der Waals surface area contributed by atoms with Crippen LogP contribution in [0.2, 0.25) is 5.02 Å². The molecule has 0 unspecified atom stereocenters. The van der Waals surface area contributed by atoms with Crippen molar-refractivity contribution in [3.05, 3.63) is 38.9 Å². The minimum Gasteiger partial charge on any atom is -0.397 e. The number of benzene rings is 2. The zero-order chi connectivity index (χ0) is 9.42. The Morgan fingerprint density at radius 1 is 1.08 bits per heavy atom. The molecular weight excluding hydrogens is 296 g/mol. The average Bonchev–Trinajstić information content (AvgIpc) is 2.12. The number of anilines is 1. The summed E-state index contributed by atoms with van der Waals surface area (Å²) in [5, 5.41) is 2.79. The van der Waals surface area contributed by atoms with Crippen LogP contribution in [0.4, 0.5) is 5.69 Å². The maximum Gasteiger partial charge on any atom is 0.0529 e. The van der Waals surface area contributed by atoms with Gasteiger partial charge in [0.05, 0.1) is 5.69 Å². The van der Waals surface area contributed by atoms with E-state index in [4.69, 9.17) is 17.3 Å². The lowest BCUT2D eigenvalue weighted by Crippen LogP contribution is -1.90. The summed E-state index contributed by atoms with van der Waals surface area (Å²) in [6.07, 6.45) is 0. The molecule has 0 aliphatic carbocycles. The Morgan fingerprint density at radius 3 is 2.62 bits per heavy atom. The number of hydrogen-bond donors (Lipinski definition) is 1. The van der Waals surface area contributed by atoms with Crippen LogP contribution in [-0.2, 0) is 0 Å². The Morgan fingerprint density at radius 2 is 1.85 bits per heavy atom. The van der Waals surface area contributed by atoms with E-state index >= 15 is 0 Å². The van der Waals surface area contributed by atoms with Gasteiger partial charge in [0.25, 0.3) is 0 Å². The second-order valence-corrected chi connectivity index (χ2v) is 4.37. The lowest BCUT2D eigenvalue weighted by molar-refractivity contribution is 1.68. The Balaban J connectivity index is 2.94. The van der Waals surface area contributed by atoms with Crippen molar-refractivity contribution < 1.29 is 0 Å². The SMILES string of the molecule is Nc1c(I)ccc2c(Cl)cccc12.